The standard InChI is InChI=1S/3C23H34O7.C22H32O7.2C10H16.2C2H6/c3*1-4-26-14-8-9-15-27-17-21(18-29-20-11-6-5-7-12-20)30-22(24)13-10-16-28-23(25)19(2)3;1-3-21(23)27-16-10-13-22(24)29-20(17-26-15-9-8-14-25-4-2)18-28-19-11-6-5-7-12-19;2*1-2-9-7-4-5-8(6-7)10(9)3-1;2*1-2/h3*5-7,11-12,21H,2,4,8-10,13-18H2,1,3H3;3,5-7,11-12,20H,1,4,8-10,13-18H2,2H3;2*7-10H,1-6H2;2*1-2H3. The van der Waals surface area contributed by atoms with E-state index < -0.39 is 48.3 Å². The van der Waals surface area contributed by atoms with E-state index in [-0.39, 0.29) is 129 Å². The molecular formula is C115H178O28. The number of rotatable bonds is 68. The van der Waals surface area contributed by atoms with E-state index in [4.69, 9.17) is 94.7 Å². The van der Waals surface area contributed by atoms with Gasteiger partial charge in [-0.15, -0.1) is 0 Å². The fraction of sp³-hybridized carbons (Fsp3) is 0.652. The van der Waals surface area contributed by atoms with E-state index in [0.29, 0.717) is 145 Å². The Morgan fingerprint density at radius 2 is 0.497 bits per heavy atom. The first-order valence-corrected chi connectivity index (χ1v) is 53.0. The molecule has 6 saturated carbocycles. The maximum Gasteiger partial charge on any atom is 0.333 e. The summed E-state index contributed by atoms with van der Waals surface area (Å²) in [6, 6.07) is 37.3. The second-order valence-corrected chi connectivity index (χ2v) is 35.6. The molecule has 0 saturated heterocycles. The first kappa shape index (κ1) is 128. The zero-order valence-corrected chi connectivity index (χ0v) is 88.6. The van der Waals surface area contributed by atoms with Crippen molar-refractivity contribution in [1.82, 2.24) is 0 Å². The number of carbonyl (C=O) groups excluding carboxylic acids is 8. The molecule has 143 heavy (non-hydrogen) atoms. The Hall–Kier alpha value is -9.52. The van der Waals surface area contributed by atoms with Gasteiger partial charge in [0.1, 0.15) is 49.4 Å². The van der Waals surface area contributed by atoms with Crippen molar-refractivity contribution in [3.8, 4) is 23.0 Å². The SMILES string of the molecule is C1CC2C3CCC(C3)C2C1.C1CC2C3CCC(C3)C2C1.C=C(C)C(=O)OCCCC(=O)OC(COCCCCOCC)COc1ccccc1.C=C(C)C(=O)OCCCC(=O)OC(COCCCCOCC)COc1ccccc1.C=C(C)C(=O)OCCCC(=O)OC(COCCCCOCC)COc1ccccc1.C=CC(=O)OCCCC(=O)OC(COCCCCOCC)COc1ccccc1.CC.CC. The zero-order chi connectivity index (χ0) is 104. The number of carbonyl (C=O) groups is 8. The Balaban J connectivity index is 0.000000451. The number of hydrogen-bond donors (Lipinski definition) is 0. The molecule has 6 aliphatic rings. The fourth-order valence-electron chi connectivity index (χ4n) is 17.3. The van der Waals surface area contributed by atoms with Crippen molar-refractivity contribution < 1.29 is 133 Å². The van der Waals surface area contributed by atoms with Crippen molar-refractivity contribution in [2.45, 2.75) is 280 Å². The summed E-state index contributed by atoms with van der Waals surface area (Å²) in [6.45, 7) is 44.7. The molecule has 6 aliphatic carbocycles. The van der Waals surface area contributed by atoms with Crippen LogP contribution in [0.25, 0.3) is 0 Å². The first-order valence-electron chi connectivity index (χ1n) is 53.0. The maximum absolute atomic E-state index is 12.1. The Kier molecular flexibility index (Phi) is 75.6. The molecule has 4 aromatic rings. The van der Waals surface area contributed by atoms with Gasteiger partial charge in [0, 0.05) is 128 Å². The van der Waals surface area contributed by atoms with E-state index in [9.17, 15) is 38.4 Å². The largest absolute Gasteiger partial charge is 0.490 e. The number of benzene rings is 4. The van der Waals surface area contributed by atoms with Crippen molar-refractivity contribution in [1.29, 1.82) is 0 Å². The molecule has 0 spiro atoms. The van der Waals surface area contributed by atoms with Crippen molar-refractivity contribution in [3.05, 3.63) is 170 Å². The lowest BCUT2D eigenvalue weighted by atomic mass is 9.82. The van der Waals surface area contributed by atoms with Crippen LogP contribution in [0.2, 0.25) is 0 Å². The summed E-state index contributed by atoms with van der Waals surface area (Å²) in [5, 5.41) is 0. The number of esters is 8. The molecular weight excluding hydrogens is 1830 g/mol. The van der Waals surface area contributed by atoms with Gasteiger partial charge in [-0.3, -0.25) is 19.2 Å². The molecule has 10 rings (SSSR count). The highest BCUT2D eigenvalue weighted by Crippen LogP contribution is 2.59. The van der Waals surface area contributed by atoms with Crippen LogP contribution in [-0.4, -0.2) is 231 Å². The van der Waals surface area contributed by atoms with Crippen molar-refractivity contribution in [2.75, 3.05) is 159 Å². The average Bonchev–Trinajstić information content (AvgIpc) is 1.63. The van der Waals surface area contributed by atoms with E-state index in [1.807, 2.05) is 177 Å². The van der Waals surface area contributed by atoms with E-state index in [1.54, 1.807) is 97.8 Å². The van der Waals surface area contributed by atoms with Crippen molar-refractivity contribution >= 4 is 47.8 Å². The van der Waals surface area contributed by atoms with E-state index in [1.165, 1.54) is 47.3 Å². The van der Waals surface area contributed by atoms with Gasteiger partial charge in [0.15, 0.2) is 24.4 Å². The van der Waals surface area contributed by atoms with Crippen molar-refractivity contribution in [3.63, 3.8) is 0 Å². The minimum Gasteiger partial charge on any atom is -0.490 e. The lowest BCUT2D eigenvalue weighted by molar-refractivity contribution is -0.155. The van der Waals surface area contributed by atoms with Gasteiger partial charge in [-0.25, -0.2) is 19.2 Å². The summed E-state index contributed by atoms with van der Waals surface area (Å²) >= 11 is 0. The summed E-state index contributed by atoms with van der Waals surface area (Å²) in [5.74, 6) is 8.94. The molecule has 6 fully saturated rings. The van der Waals surface area contributed by atoms with Crippen LogP contribution < -0.4 is 18.9 Å². The van der Waals surface area contributed by atoms with Crippen LogP contribution in [0.15, 0.2) is 170 Å². The lowest BCUT2D eigenvalue weighted by Gasteiger charge is -2.23. The minimum atomic E-state index is -0.525. The maximum atomic E-state index is 12.1. The van der Waals surface area contributed by atoms with Crippen LogP contribution in [0.4, 0.5) is 0 Å². The van der Waals surface area contributed by atoms with Gasteiger partial charge in [0.25, 0.3) is 0 Å². The molecule has 0 aromatic heterocycles. The van der Waals surface area contributed by atoms with Gasteiger partial charge < -0.3 is 94.7 Å². The Morgan fingerprint density at radius 3 is 0.699 bits per heavy atom. The Labute approximate surface area is 856 Å². The van der Waals surface area contributed by atoms with Crippen LogP contribution >= 0.6 is 0 Å². The normalized spacial score (nSPS) is 17.7. The fourth-order valence-corrected chi connectivity index (χ4v) is 17.3. The number of para-hydroxylation sites is 4. The van der Waals surface area contributed by atoms with Crippen molar-refractivity contribution in [2.24, 2.45) is 47.3 Å². The Bertz CT molecular complexity index is 3630. The number of unbranched alkanes of at least 4 members (excludes halogenated alkanes) is 4. The van der Waals surface area contributed by atoms with Gasteiger partial charge >= 0.3 is 47.8 Å². The third kappa shape index (κ3) is 62.2. The van der Waals surface area contributed by atoms with E-state index in [0.717, 1.165) is 57.4 Å². The quantitative estimate of drug-likeness (QED) is 0.0171. The molecule has 806 valence electrons. The first-order chi connectivity index (χ1) is 69.6. The molecule has 0 N–H and O–H groups in total. The topological polar surface area (TPSA) is 321 Å². The highest BCUT2D eigenvalue weighted by Gasteiger charge is 2.50. The van der Waals surface area contributed by atoms with Crippen LogP contribution in [0, 0.1) is 47.3 Å². The van der Waals surface area contributed by atoms with Crippen LogP contribution in [0.5, 0.6) is 23.0 Å². The highest BCUT2D eigenvalue weighted by atomic mass is 16.6. The Morgan fingerprint density at radius 1 is 0.287 bits per heavy atom. The number of hydrogen-bond acceptors (Lipinski definition) is 28. The molecule has 0 aliphatic heterocycles. The van der Waals surface area contributed by atoms with Crippen LogP contribution in [0.3, 0.4) is 0 Å². The molecule has 12 unspecified atom stereocenters. The third-order valence-electron chi connectivity index (χ3n) is 24.2. The lowest BCUT2D eigenvalue weighted by Crippen LogP contribution is -2.30. The van der Waals surface area contributed by atoms with Gasteiger partial charge in [-0.2, -0.15) is 0 Å². The summed E-state index contributed by atoms with van der Waals surface area (Å²) in [6.07, 6.45) is 27.3. The average molecular weight is 2010 g/mol. The minimum absolute atomic E-state index is 0.139. The molecule has 0 radical (unpaired) electrons. The van der Waals surface area contributed by atoms with E-state index in [2.05, 4.69) is 26.3 Å². The smallest absolute Gasteiger partial charge is 0.333 e. The molecule has 0 heterocycles. The van der Waals surface area contributed by atoms with E-state index >= 15 is 0 Å². The number of fused-ring (bicyclic) bond motifs is 10. The highest BCUT2D eigenvalue weighted by molar-refractivity contribution is 5.88. The molecule has 28 heteroatoms. The summed E-state index contributed by atoms with van der Waals surface area (Å²) < 4.78 is 108. The van der Waals surface area contributed by atoms with Gasteiger partial charge in [-0.1, -0.05) is 140 Å². The molecule has 0 amide bonds. The summed E-state index contributed by atoms with van der Waals surface area (Å²) in [4.78, 5) is 93.5. The monoisotopic (exact) mass is 2010 g/mol. The third-order valence-corrected chi connectivity index (χ3v) is 24.2. The predicted octanol–water partition coefficient (Wildman–Crippen LogP) is 22.2. The van der Waals surface area contributed by atoms with Crippen LogP contribution in [-0.2, 0) is 114 Å². The van der Waals surface area contributed by atoms with Gasteiger partial charge in [0.05, 0.1) is 52.9 Å². The number of ether oxygens (including phenoxy) is 20. The second kappa shape index (κ2) is 84.7. The predicted molar refractivity (Wildman–Crippen MR) is 555 cm³/mol. The molecule has 4 aromatic carbocycles. The summed E-state index contributed by atoms with van der Waals surface area (Å²) in [7, 11) is 0. The molecule has 12 atom stereocenters. The molecule has 28 nitrogen and oxygen atoms in total. The summed E-state index contributed by atoms with van der Waals surface area (Å²) in [5.41, 5.74) is 0.984. The van der Waals surface area contributed by atoms with Gasteiger partial charge in [0.2, 0.25) is 0 Å². The van der Waals surface area contributed by atoms with Crippen LogP contribution in [0.1, 0.15) is 256 Å². The zero-order valence-electron chi connectivity index (χ0n) is 88.6. The van der Waals surface area contributed by atoms with Gasteiger partial charge in [-0.05, 0) is 286 Å². The second-order valence-electron chi connectivity index (χ2n) is 35.6. The molecule has 4 bridgehead atoms.